The molecule has 1 unspecified atom stereocenters. The highest BCUT2D eigenvalue weighted by molar-refractivity contribution is 5.79. The monoisotopic (exact) mass is 320 g/mol. The largest absolute Gasteiger partial charge is 0.357 e. The van der Waals surface area contributed by atoms with Gasteiger partial charge < -0.3 is 10.6 Å². The van der Waals surface area contributed by atoms with Crippen LogP contribution in [-0.4, -0.2) is 59.4 Å². The van der Waals surface area contributed by atoms with Gasteiger partial charge in [-0.25, -0.2) is 0 Å². The van der Waals surface area contributed by atoms with Crippen molar-refractivity contribution < 1.29 is 0 Å². The zero-order chi connectivity index (χ0) is 16.3. The molecular weight excluding hydrogens is 288 g/mol. The molecule has 0 saturated carbocycles. The van der Waals surface area contributed by atoms with E-state index in [1.807, 2.05) is 23.1 Å². The average molecular weight is 320 g/mol. The van der Waals surface area contributed by atoms with Crippen molar-refractivity contribution in [3.63, 3.8) is 0 Å². The van der Waals surface area contributed by atoms with E-state index < -0.39 is 0 Å². The van der Waals surface area contributed by atoms with Crippen LogP contribution in [0.1, 0.15) is 39.5 Å². The third-order valence-corrected chi connectivity index (χ3v) is 4.35. The molecule has 130 valence electrons. The molecule has 6 heteroatoms. The number of aliphatic imine (C=N–C) groups is 1. The van der Waals surface area contributed by atoms with E-state index in [0.717, 1.165) is 51.1 Å². The maximum atomic E-state index is 4.65. The topological polar surface area (TPSA) is 57.5 Å². The predicted octanol–water partition coefficient (Wildman–Crippen LogP) is 1.70. The SMILES string of the molecule is CCNC(=NCCCn1cccn1)NCCN1CCCCC1C. The van der Waals surface area contributed by atoms with Crippen molar-refractivity contribution in [2.75, 3.05) is 32.7 Å². The summed E-state index contributed by atoms with van der Waals surface area (Å²) in [5.74, 6) is 0.928. The summed E-state index contributed by atoms with van der Waals surface area (Å²) in [5.41, 5.74) is 0. The highest BCUT2D eigenvalue weighted by Crippen LogP contribution is 2.15. The van der Waals surface area contributed by atoms with Gasteiger partial charge in [-0.2, -0.15) is 5.10 Å². The molecule has 0 amide bonds. The van der Waals surface area contributed by atoms with Crippen LogP contribution in [0, 0.1) is 0 Å². The number of nitrogens with zero attached hydrogens (tertiary/aromatic N) is 4. The summed E-state index contributed by atoms with van der Waals surface area (Å²) in [6, 6.07) is 2.68. The number of nitrogens with one attached hydrogen (secondary N) is 2. The molecule has 0 bridgehead atoms. The minimum atomic E-state index is 0.721. The lowest BCUT2D eigenvalue weighted by atomic mass is 10.0. The number of likely N-dealkylation sites (tertiary alicyclic amines) is 1. The number of piperidine rings is 1. The normalized spacial score (nSPS) is 19.7. The van der Waals surface area contributed by atoms with E-state index in [2.05, 4.69) is 39.5 Å². The van der Waals surface area contributed by atoms with Crippen LogP contribution < -0.4 is 10.6 Å². The molecule has 6 nitrogen and oxygen atoms in total. The van der Waals surface area contributed by atoms with Crippen molar-refractivity contribution in [3.05, 3.63) is 18.5 Å². The van der Waals surface area contributed by atoms with E-state index in [1.165, 1.54) is 25.8 Å². The maximum Gasteiger partial charge on any atom is 0.191 e. The lowest BCUT2D eigenvalue weighted by Crippen LogP contribution is -2.45. The minimum absolute atomic E-state index is 0.721. The molecule has 23 heavy (non-hydrogen) atoms. The molecular formula is C17H32N6. The summed E-state index contributed by atoms with van der Waals surface area (Å²) in [5, 5.41) is 11.0. The lowest BCUT2D eigenvalue weighted by Gasteiger charge is -2.33. The summed E-state index contributed by atoms with van der Waals surface area (Å²) < 4.78 is 1.95. The Bertz CT molecular complexity index is 442. The van der Waals surface area contributed by atoms with Crippen molar-refractivity contribution in [1.82, 2.24) is 25.3 Å². The molecule has 2 heterocycles. The predicted molar refractivity (Wildman–Crippen MR) is 95.7 cm³/mol. The van der Waals surface area contributed by atoms with Crippen LogP contribution in [0.3, 0.4) is 0 Å². The molecule has 0 aliphatic carbocycles. The molecule has 1 saturated heterocycles. The summed E-state index contributed by atoms with van der Waals surface area (Å²) in [7, 11) is 0. The van der Waals surface area contributed by atoms with Crippen LogP contribution >= 0.6 is 0 Å². The second-order valence-corrected chi connectivity index (χ2v) is 6.19. The van der Waals surface area contributed by atoms with E-state index in [1.54, 1.807) is 0 Å². The Morgan fingerprint density at radius 3 is 2.96 bits per heavy atom. The number of hydrogen-bond donors (Lipinski definition) is 2. The minimum Gasteiger partial charge on any atom is -0.357 e. The maximum absolute atomic E-state index is 4.65. The van der Waals surface area contributed by atoms with Gasteiger partial charge in [0.25, 0.3) is 0 Å². The van der Waals surface area contributed by atoms with Crippen LogP contribution in [0.15, 0.2) is 23.5 Å². The fourth-order valence-electron chi connectivity index (χ4n) is 3.01. The quantitative estimate of drug-likeness (QED) is 0.435. The van der Waals surface area contributed by atoms with Crippen LogP contribution in [0.4, 0.5) is 0 Å². The zero-order valence-electron chi connectivity index (χ0n) is 14.7. The number of hydrogen-bond acceptors (Lipinski definition) is 3. The molecule has 1 aromatic rings. The highest BCUT2D eigenvalue weighted by Gasteiger charge is 2.17. The van der Waals surface area contributed by atoms with Crippen molar-refractivity contribution in [1.29, 1.82) is 0 Å². The molecule has 0 aromatic carbocycles. The summed E-state index contributed by atoms with van der Waals surface area (Å²) in [6.45, 7) is 10.4. The standard InChI is InChI=1S/C17H32N6/c1-3-18-17(19-9-6-13-23-14-7-10-21-23)20-11-15-22-12-5-4-8-16(22)2/h7,10,14,16H,3-6,8-9,11-13,15H2,1-2H3,(H2,18,19,20). The van der Waals surface area contributed by atoms with E-state index >= 15 is 0 Å². The third-order valence-electron chi connectivity index (χ3n) is 4.35. The summed E-state index contributed by atoms with van der Waals surface area (Å²) in [6.07, 6.45) is 8.86. The Labute approximate surface area is 140 Å². The van der Waals surface area contributed by atoms with Gasteiger partial charge in [-0.15, -0.1) is 0 Å². The number of rotatable bonds is 8. The Morgan fingerprint density at radius 1 is 1.30 bits per heavy atom. The number of aromatic nitrogens is 2. The smallest absolute Gasteiger partial charge is 0.191 e. The molecule has 1 atom stereocenters. The molecule has 2 N–H and O–H groups in total. The number of guanidine groups is 1. The Hall–Kier alpha value is -1.56. The van der Waals surface area contributed by atoms with Crippen molar-refractivity contribution in [2.24, 2.45) is 4.99 Å². The van der Waals surface area contributed by atoms with Gasteiger partial charge in [0.2, 0.25) is 0 Å². The van der Waals surface area contributed by atoms with Crippen LogP contribution in [-0.2, 0) is 6.54 Å². The van der Waals surface area contributed by atoms with Gasteiger partial charge in [-0.3, -0.25) is 14.6 Å². The first-order chi connectivity index (χ1) is 11.3. The van der Waals surface area contributed by atoms with Crippen molar-refractivity contribution in [3.8, 4) is 0 Å². The van der Waals surface area contributed by atoms with Crippen LogP contribution in [0.5, 0.6) is 0 Å². The highest BCUT2D eigenvalue weighted by atomic mass is 15.3. The fraction of sp³-hybridized carbons (Fsp3) is 0.765. The second-order valence-electron chi connectivity index (χ2n) is 6.19. The first-order valence-electron chi connectivity index (χ1n) is 9.03. The van der Waals surface area contributed by atoms with Gasteiger partial charge in [-0.1, -0.05) is 6.42 Å². The third kappa shape index (κ3) is 6.60. The van der Waals surface area contributed by atoms with Gasteiger partial charge in [0.15, 0.2) is 5.96 Å². The molecule has 0 spiro atoms. The van der Waals surface area contributed by atoms with Gasteiger partial charge in [0.05, 0.1) is 0 Å². The van der Waals surface area contributed by atoms with Gasteiger partial charge in [0, 0.05) is 51.2 Å². The van der Waals surface area contributed by atoms with Crippen molar-refractivity contribution in [2.45, 2.75) is 52.1 Å². The van der Waals surface area contributed by atoms with Gasteiger partial charge >= 0.3 is 0 Å². The first kappa shape index (κ1) is 17.8. The summed E-state index contributed by atoms with van der Waals surface area (Å²) >= 11 is 0. The van der Waals surface area contributed by atoms with E-state index in [-0.39, 0.29) is 0 Å². The fourth-order valence-corrected chi connectivity index (χ4v) is 3.01. The molecule has 1 aliphatic rings. The van der Waals surface area contributed by atoms with Gasteiger partial charge in [-0.05, 0) is 45.7 Å². The Balaban J connectivity index is 1.66. The van der Waals surface area contributed by atoms with Crippen LogP contribution in [0.25, 0.3) is 0 Å². The van der Waals surface area contributed by atoms with E-state index in [4.69, 9.17) is 0 Å². The Morgan fingerprint density at radius 2 is 2.22 bits per heavy atom. The van der Waals surface area contributed by atoms with E-state index in [0.29, 0.717) is 0 Å². The number of aryl methyl sites for hydroxylation is 1. The van der Waals surface area contributed by atoms with Crippen LogP contribution in [0.2, 0.25) is 0 Å². The lowest BCUT2D eigenvalue weighted by molar-refractivity contribution is 0.163. The van der Waals surface area contributed by atoms with Crippen molar-refractivity contribution >= 4 is 5.96 Å². The summed E-state index contributed by atoms with van der Waals surface area (Å²) in [4.78, 5) is 7.23. The Kier molecular flexibility index (Phi) is 7.93. The molecule has 0 radical (unpaired) electrons. The molecule has 1 aromatic heterocycles. The average Bonchev–Trinajstić information content (AvgIpc) is 3.06. The second kappa shape index (κ2) is 10.3. The molecule has 2 rings (SSSR count). The first-order valence-corrected chi connectivity index (χ1v) is 9.03. The molecule has 1 fully saturated rings. The van der Waals surface area contributed by atoms with Gasteiger partial charge in [0.1, 0.15) is 0 Å². The molecule has 1 aliphatic heterocycles. The zero-order valence-corrected chi connectivity index (χ0v) is 14.7. The van der Waals surface area contributed by atoms with E-state index in [9.17, 15) is 0 Å².